The summed E-state index contributed by atoms with van der Waals surface area (Å²) < 4.78 is 2.13. The van der Waals surface area contributed by atoms with Crippen LogP contribution in [0.5, 0.6) is 0 Å². The summed E-state index contributed by atoms with van der Waals surface area (Å²) in [7, 11) is 0. The summed E-state index contributed by atoms with van der Waals surface area (Å²) in [5.41, 5.74) is 8.35. The van der Waals surface area contributed by atoms with Gasteiger partial charge in [-0.05, 0) is 32.4 Å². The molecule has 132 valence electrons. The van der Waals surface area contributed by atoms with Crippen molar-refractivity contribution in [2.24, 2.45) is 5.73 Å². The van der Waals surface area contributed by atoms with Gasteiger partial charge in [0.1, 0.15) is 11.3 Å². The number of carboxylic acid groups (broad SMARTS) is 1. The molecular formula is C18H23N5O2. The van der Waals surface area contributed by atoms with Gasteiger partial charge in [-0.15, -0.1) is 0 Å². The molecule has 1 amide bonds. The van der Waals surface area contributed by atoms with Crippen molar-refractivity contribution in [1.82, 2.24) is 19.4 Å². The van der Waals surface area contributed by atoms with Gasteiger partial charge in [-0.2, -0.15) is 0 Å². The zero-order chi connectivity index (χ0) is 17.8. The van der Waals surface area contributed by atoms with Gasteiger partial charge < -0.3 is 20.3 Å². The van der Waals surface area contributed by atoms with Crippen molar-refractivity contribution in [2.45, 2.75) is 32.9 Å². The van der Waals surface area contributed by atoms with Crippen LogP contribution in [0.15, 0.2) is 30.5 Å². The van der Waals surface area contributed by atoms with Crippen LogP contribution < -0.4 is 5.73 Å². The molecule has 0 unspecified atom stereocenters. The summed E-state index contributed by atoms with van der Waals surface area (Å²) >= 11 is 0. The fourth-order valence-corrected chi connectivity index (χ4v) is 3.07. The molecule has 2 heterocycles. The Bertz CT molecular complexity index is 890. The van der Waals surface area contributed by atoms with Crippen molar-refractivity contribution in [3.63, 3.8) is 0 Å². The van der Waals surface area contributed by atoms with Crippen LogP contribution in [0.3, 0.4) is 0 Å². The standard InChI is InChI=1S/C18H23N5O2/c1-2-22(18(24)25)12-16-21-15-11-20-14-8-4-3-7-13(14)17(15)23(16)10-6-5-9-19/h3-4,7-8,11H,2,5-6,9-10,12,19H2,1H3,(H,24,25). The van der Waals surface area contributed by atoms with Gasteiger partial charge >= 0.3 is 6.09 Å². The highest BCUT2D eigenvalue weighted by Gasteiger charge is 2.18. The Morgan fingerprint density at radius 1 is 1.28 bits per heavy atom. The number of pyridine rings is 1. The lowest BCUT2D eigenvalue weighted by atomic mass is 10.2. The second kappa shape index (κ2) is 7.48. The molecule has 3 N–H and O–H groups in total. The van der Waals surface area contributed by atoms with Crippen molar-refractivity contribution in [3.05, 3.63) is 36.3 Å². The van der Waals surface area contributed by atoms with E-state index in [0.29, 0.717) is 13.1 Å². The Morgan fingerprint density at radius 3 is 2.80 bits per heavy atom. The lowest BCUT2D eigenvalue weighted by Crippen LogP contribution is -2.30. The van der Waals surface area contributed by atoms with E-state index >= 15 is 0 Å². The Labute approximate surface area is 146 Å². The van der Waals surface area contributed by atoms with Gasteiger partial charge in [0.15, 0.2) is 0 Å². The average molecular weight is 341 g/mol. The first-order valence-electron chi connectivity index (χ1n) is 8.56. The van der Waals surface area contributed by atoms with Crippen molar-refractivity contribution in [1.29, 1.82) is 0 Å². The number of imidazole rings is 1. The Morgan fingerprint density at radius 2 is 2.08 bits per heavy atom. The molecule has 3 aromatic rings. The Balaban J connectivity index is 2.12. The van der Waals surface area contributed by atoms with Crippen LogP contribution >= 0.6 is 0 Å². The van der Waals surface area contributed by atoms with Crippen LogP contribution in [-0.4, -0.2) is 43.7 Å². The number of benzene rings is 1. The molecule has 0 bridgehead atoms. The quantitative estimate of drug-likeness (QED) is 0.644. The van der Waals surface area contributed by atoms with Gasteiger partial charge in [0.2, 0.25) is 0 Å². The summed E-state index contributed by atoms with van der Waals surface area (Å²) in [6.45, 7) is 3.90. The number of nitrogens with zero attached hydrogens (tertiary/aromatic N) is 4. The molecule has 2 aromatic heterocycles. The van der Waals surface area contributed by atoms with E-state index in [1.165, 1.54) is 4.90 Å². The topological polar surface area (TPSA) is 97.3 Å². The largest absolute Gasteiger partial charge is 0.465 e. The van der Waals surface area contributed by atoms with Crippen LogP contribution in [-0.2, 0) is 13.1 Å². The number of nitrogens with two attached hydrogens (primary N) is 1. The molecule has 0 aliphatic rings. The summed E-state index contributed by atoms with van der Waals surface area (Å²) in [6, 6.07) is 7.95. The number of hydrogen-bond acceptors (Lipinski definition) is 4. The Hall–Kier alpha value is -2.67. The van der Waals surface area contributed by atoms with Gasteiger partial charge in [-0.3, -0.25) is 4.98 Å². The molecule has 7 nitrogen and oxygen atoms in total. The molecule has 7 heteroatoms. The zero-order valence-electron chi connectivity index (χ0n) is 14.4. The predicted molar refractivity (Wildman–Crippen MR) is 97.4 cm³/mol. The number of para-hydroxylation sites is 1. The van der Waals surface area contributed by atoms with Gasteiger partial charge in [-0.25, -0.2) is 9.78 Å². The zero-order valence-corrected chi connectivity index (χ0v) is 14.4. The highest BCUT2D eigenvalue weighted by molar-refractivity contribution is 6.02. The number of amides is 1. The van der Waals surface area contributed by atoms with Crippen LogP contribution in [0, 0.1) is 0 Å². The SMILES string of the molecule is CCN(Cc1nc2cnc3ccccc3c2n1CCCCN)C(=O)O. The molecule has 0 spiro atoms. The lowest BCUT2D eigenvalue weighted by molar-refractivity contribution is 0.143. The number of unbranched alkanes of at least 4 members (excludes halogenated alkanes) is 1. The number of fused-ring (bicyclic) bond motifs is 3. The number of aromatic nitrogens is 3. The normalized spacial score (nSPS) is 11.3. The minimum absolute atomic E-state index is 0.261. The van der Waals surface area contributed by atoms with Gasteiger partial charge in [0.25, 0.3) is 0 Å². The van der Waals surface area contributed by atoms with Crippen LogP contribution in [0.1, 0.15) is 25.6 Å². The number of hydrogen-bond donors (Lipinski definition) is 2. The molecule has 0 aliphatic heterocycles. The van der Waals surface area contributed by atoms with E-state index in [-0.39, 0.29) is 6.54 Å². The highest BCUT2D eigenvalue weighted by Crippen LogP contribution is 2.25. The Kier molecular flexibility index (Phi) is 5.14. The average Bonchev–Trinajstić information content (AvgIpc) is 2.97. The van der Waals surface area contributed by atoms with Gasteiger partial charge in [0.05, 0.1) is 23.8 Å². The molecule has 0 radical (unpaired) electrons. The van der Waals surface area contributed by atoms with Crippen molar-refractivity contribution in [2.75, 3.05) is 13.1 Å². The molecule has 0 aliphatic carbocycles. The molecular weight excluding hydrogens is 318 g/mol. The maximum atomic E-state index is 11.4. The van der Waals surface area contributed by atoms with E-state index in [1.807, 2.05) is 31.2 Å². The first kappa shape index (κ1) is 17.2. The minimum Gasteiger partial charge on any atom is -0.465 e. The van der Waals surface area contributed by atoms with E-state index in [9.17, 15) is 9.90 Å². The number of aryl methyl sites for hydroxylation is 1. The number of carbonyl (C=O) groups is 1. The summed E-state index contributed by atoms with van der Waals surface area (Å²) in [5.74, 6) is 0.745. The van der Waals surface area contributed by atoms with E-state index < -0.39 is 6.09 Å². The van der Waals surface area contributed by atoms with Gasteiger partial charge in [-0.1, -0.05) is 18.2 Å². The maximum Gasteiger partial charge on any atom is 0.407 e. The third-order valence-electron chi connectivity index (χ3n) is 4.38. The predicted octanol–water partition coefficient (Wildman–Crippen LogP) is 2.82. The van der Waals surface area contributed by atoms with Gasteiger partial charge in [0, 0.05) is 18.5 Å². The molecule has 0 saturated carbocycles. The molecule has 3 rings (SSSR count). The fraction of sp³-hybridized carbons (Fsp3) is 0.389. The monoisotopic (exact) mass is 341 g/mol. The minimum atomic E-state index is -0.939. The van der Waals surface area contributed by atoms with Crippen molar-refractivity contribution in [3.8, 4) is 0 Å². The molecule has 1 aromatic carbocycles. The lowest BCUT2D eigenvalue weighted by Gasteiger charge is -2.18. The second-order valence-corrected chi connectivity index (χ2v) is 5.98. The second-order valence-electron chi connectivity index (χ2n) is 5.98. The van der Waals surface area contributed by atoms with E-state index in [1.54, 1.807) is 6.20 Å². The third kappa shape index (κ3) is 3.41. The van der Waals surface area contributed by atoms with Crippen LogP contribution in [0.25, 0.3) is 21.9 Å². The van der Waals surface area contributed by atoms with Crippen molar-refractivity contribution >= 4 is 28.0 Å². The van der Waals surface area contributed by atoms with E-state index in [2.05, 4.69) is 14.5 Å². The molecule has 0 atom stereocenters. The van der Waals surface area contributed by atoms with Crippen LogP contribution in [0.2, 0.25) is 0 Å². The van der Waals surface area contributed by atoms with E-state index in [0.717, 1.165) is 47.1 Å². The smallest absolute Gasteiger partial charge is 0.407 e. The van der Waals surface area contributed by atoms with Crippen LogP contribution in [0.4, 0.5) is 4.79 Å². The summed E-state index contributed by atoms with van der Waals surface area (Å²) in [6.07, 6.45) is 2.66. The first-order chi connectivity index (χ1) is 12.2. The highest BCUT2D eigenvalue weighted by atomic mass is 16.4. The summed E-state index contributed by atoms with van der Waals surface area (Å²) in [4.78, 5) is 21.9. The van der Waals surface area contributed by atoms with E-state index in [4.69, 9.17) is 5.73 Å². The fourth-order valence-electron chi connectivity index (χ4n) is 3.07. The molecule has 25 heavy (non-hydrogen) atoms. The number of rotatable bonds is 7. The summed E-state index contributed by atoms with van der Waals surface area (Å²) in [5, 5.41) is 10.4. The molecule has 0 saturated heterocycles. The molecule has 0 fully saturated rings. The third-order valence-corrected chi connectivity index (χ3v) is 4.38. The first-order valence-corrected chi connectivity index (χ1v) is 8.56. The van der Waals surface area contributed by atoms with Crippen molar-refractivity contribution < 1.29 is 9.90 Å². The maximum absolute atomic E-state index is 11.4.